The molecule has 0 bridgehead atoms. The Bertz CT molecular complexity index is 528. The van der Waals surface area contributed by atoms with Gasteiger partial charge in [0.1, 0.15) is 0 Å². The summed E-state index contributed by atoms with van der Waals surface area (Å²) in [6.07, 6.45) is 12.7. The molecule has 3 rings (SSSR count). The number of hydrogen-bond acceptors (Lipinski definition) is 2. The molecule has 2 nitrogen and oxygen atoms in total. The molecule has 3 aliphatic rings. The van der Waals surface area contributed by atoms with Gasteiger partial charge >= 0.3 is 0 Å². The van der Waals surface area contributed by atoms with E-state index in [2.05, 4.69) is 25.7 Å². The molecular weight excluding hydrogens is 284 g/mol. The molecule has 2 N–H and O–H groups in total. The van der Waals surface area contributed by atoms with Gasteiger partial charge < -0.3 is 10.2 Å². The van der Waals surface area contributed by atoms with Gasteiger partial charge in [-0.05, 0) is 81.1 Å². The molecule has 5 atom stereocenters. The van der Waals surface area contributed by atoms with E-state index in [1.54, 1.807) is 5.57 Å². The summed E-state index contributed by atoms with van der Waals surface area (Å²) < 4.78 is 0. The monoisotopic (exact) mass is 316 g/mol. The van der Waals surface area contributed by atoms with Crippen molar-refractivity contribution in [2.75, 3.05) is 0 Å². The molecule has 2 heteroatoms. The zero-order chi connectivity index (χ0) is 16.6. The molecular formula is C21H32O2. The Morgan fingerprint density at radius 3 is 2.74 bits per heavy atom. The van der Waals surface area contributed by atoms with Crippen molar-refractivity contribution in [3.8, 4) is 0 Å². The minimum Gasteiger partial charge on any atom is -0.393 e. The van der Waals surface area contributed by atoms with Crippen molar-refractivity contribution in [2.24, 2.45) is 17.3 Å². The maximum atomic E-state index is 10.2. The zero-order valence-electron chi connectivity index (χ0n) is 14.7. The summed E-state index contributed by atoms with van der Waals surface area (Å²) in [5, 5.41) is 20.1. The fraction of sp³-hybridized carbons (Fsp3) is 0.714. The molecule has 3 fully saturated rings. The lowest BCUT2D eigenvalue weighted by atomic mass is 9.62. The summed E-state index contributed by atoms with van der Waals surface area (Å²) in [4.78, 5) is 0. The van der Waals surface area contributed by atoms with Crippen molar-refractivity contribution in [1.29, 1.82) is 0 Å². The van der Waals surface area contributed by atoms with Crippen LogP contribution in [0.2, 0.25) is 0 Å². The Kier molecular flexibility index (Phi) is 4.85. The third kappa shape index (κ3) is 3.21. The Labute approximate surface area is 141 Å². The summed E-state index contributed by atoms with van der Waals surface area (Å²) in [5.41, 5.74) is 4.25. The highest BCUT2D eigenvalue weighted by molar-refractivity contribution is 5.36. The van der Waals surface area contributed by atoms with Crippen molar-refractivity contribution in [1.82, 2.24) is 0 Å². The summed E-state index contributed by atoms with van der Waals surface area (Å²) >= 11 is 0. The predicted molar refractivity (Wildman–Crippen MR) is 95.0 cm³/mol. The molecule has 1 unspecified atom stereocenters. The van der Waals surface area contributed by atoms with Crippen molar-refractivity contribution < 1.29 is 10.2 Å². The van der Waals surface area contributed by atoms with Gasteiger partial charge in [0.15, 0.2) is 0 Å². The molecule has 0 aromatic carbocycles. The zero-order valence-corrected chi connectivity index (χ0v) is 14.7. The van der Waals surface area contributed by atoms with Gasteiger partial charge in [-0.25, -0.2) is 0 Å². The number of fused-ring (bicyclic) bond motifs is 1. The number of aliphatic hydroxyl groups excluding tert-OH is 2. The SMILES string of the molecule is C=C1CC[C@H](O)C/C1=C/C=C1\CCC[C@]2(C)[C@@H](C(C)O)CC[C@@H]12. The molecule has 0 aromatic heterocycles. The van der Waals surface area contributed by atoms with Crippen LogP contribution >= 0.6 is 0 Å². The minimum atomic E-state index is -0.201. The van der Waals surface area contributed by atoms with E-state index < -0.39 is 0 Å². The standard InChI is InChI=1S/C21H32O2/c1-14-6-9-18(23)13-17(14)8-7-16-5-4-12-21(3)19(15(2)22)10-11-20(16)21/h7-8,15,18-20,22-23H,1,4-6,9-13H2,2-3H3/b16-7+,17-8-/t15?,18-,19+,20-,21+/m0/s1. The van der Waals surface area contributed by atoms with E-state index in [0.29, 0.717) is 11.8 Å². The second-order valence-corrected chi connectivity index (χ2v) is 8.27. The third-order valence-corrected chi connectivity index (χ3v) is 6.81. The quantitative estimate of drug-likeness (QED) is 0.785. The minimum absolute atomic E-state index is 0.198. The Balaban J connectivity index is 1.81. The summed E-state index contributed by atoms with van der Waals surface area (Å²) in [6, 6.07) is 0. The molecule has 3 aliphatic carbocycles. The summed E-state index contributed by atoms with van der Waals surface area (Å²) in [6.45, 7) is 8.53. The van der Waals surface area contributed by atoms with E-state index in [1.165, 1.54) is 36.8 Å². The van der Waals surface area contributed by atoms with E-state index in [9.17, 15) is 10.2 Å². The van der Waals surface area contributed by atoms with Crippen LogP contribution in [0.4, 0.5) is 0 Å². The van der Waals surface area contributed by atoms with Crippen LogP contribution in [0, 0.1) is 17.3 Å². The molecule has 128 valence electrons. The van der Waals surface area contributed by atoms with Crippen molar-refractivity contribution >= 4 is 0 Å². The maximum Gasteiger partial charge on any atom is 0.0583 e. The topological polar surface area (TPSA) is 40.5 Å². The number of aliphatic hydroxyl groups is 2. The van der Waals surface area contributed by atoms with E-state index in [-0.39, 0.29) is 17.6 Å². The first-order chi connectivity index (χ1) is 10.9. The van der Waals surface area contributed by atoms with Crippen LogP contribution in [-0.2, 0) is 0 Å². The molecule has 0 saturated heterocycles. The molecule has 0 heterocycles. The first-order valence-electron chi connectivity index (χ1n) is 9.35. The Hall–Kier alpha value is -0.860. The highest BCUT2D eigenvalue weighted by Crippen LogP contribution is 2.58. The lowest BCUT2D eigenvalue weighted by molar-refractivity contribution is 0.0302. The number of allylic oxidation sites excluding steroid dienone is 4. The van der Waals surface area contributed by atoms with Gasteiger partial charge in [0.2, 0.25) is 0 Å². The molecule has 0 aromatic rings. The molecule has 0 spiro atoms. The highest BCUT2D eigenvalue weighted by Gasteiger charge is 2.50. The van der Waals surface area contributed by atoms with Gasteiger partial charge in [0.25, 0.3) is 0 Å². The van der Waals surface area contributed by atoms with Gasteiger partial charge in [-0.1, -0.05) is 36.8 Å². The average molecular weight is 316 g/mol. The van der Waals surface area contributed by atoms with Crippen LogP contribution in [-0.4, -0.2) is 22.4 Å². The van der Waals surface area contributed by atoms with Gasteiger partial charge in [-0.15, -0.1) is 0 Å². The van der Waals surface area contributed by atoms with Gasteiger partial charge in [0.05, 0.1) is 12.2 Å². The normalized spacial score (nSPS) is 43.0. The first kappa shape index (κ1) is 17.0. The molecule has 0 aliphatic heterocycles. The number of hydrogen-bond donors (Lipinski definition) is 2. The lowest BCUT2D eigenvalue weighted by Gasteiger charge is -2.43. The molecule has 0 amide bonds. The molecule has 23 heavy (non-hydrogen) atoms. The van der Waals surface area contributed by atoms with E-state index in [0.717, 1.165) is 25.7 Å². The Morgan fingerprint density at radius 2 is 2.00 bits per heavy atom. The van der Waals surface area contributed by atoms with Crippen LogP contribution in [0.5, 0.6) is 0 Å². The van der Waals surface area contributed by atoms with Crippen LogP contribution in [0.3, 0.4) is 0 Å². The largest absolute Gasteiger partial charge is 0.393 e. The van der Waals surface area contributed by atoms with E-state index in [4.69, 9.17) is 0 Å². The number of rotatable bonds is 2. The summed E-state index contributed by atoms with van der Waals surface area (Å²) in [5.74, 6) is 1.06. The lowest BCUT2D eigenvalue weighted by Crippen LogP contribution is -2.37. The van der Waals surface area contributed by atoms with Crippen LogP contribution < -0.4 is 0 Å². The van der Waals surface area contributed by atoms with Crippen LogP contribution in [0.1, 0.15) is 65.2 Å². The first-order valence-corrected chi connectivity index (χ1v) is 9.35. The van der Waals surface area contributed by atoms with Crippen molar-refractivity contribution in [3.05, 3.63) is 35.5 Å². The van der Waals surface area contributed by atoms with Gasteiger partial charge in [-0.3, -0.25) is 0 Å². The fourth-order valence-electron chi connectivity index (χ4n) is 5.47. The smallest absolute Gasteiger partial charge is 0.0583 e. The second-order valence-electron chi connectivity index (χ2n) is 8.27. The second kappa shape index (κ2) is 6.57. The maximum absolute atomic E-state index is 10.2. The van der Waals surface area contributed by atoms with E-state index >= 15 is 0 Å². The van der Waals surface area contributed by atoms with Crippen LogP contribution in [0.25, 0.3) is 0 Å². The fourth-order valence-corrected chi connectivity index (χ4v) is 5.47. The van der Waals surface area contributed by atoms with Gasteiger partial charge in [-0.2, -0.15) is 0 Å². The highest BCUT2D eigenvalue weighted by atomic mass is 16.3. The molecule has 0 radical (unpaired) electrons. The van der Waals surface area contributed by atoms with Crippen LogP contribution in [0.15, 0.2) is 35.5 Å². The van der Waals surface area contributed by atoms with E-state index in [1.807, 2.05) is 6.92 Å². The third-order valence-electron chi connectivity index (χ3n) is 6.81. The average Bonchev–Trinajstić information content (AvgIpc) is 2.86. The Morgan fingerprint density at radius 1 is 1.22 bits per heavy atom. The molecule has 3 saturated carbocycles. The predicted octanol–water partition coefficient (Wildman–Crippen LogP) is 4.54. The van der Waals surface area contributed by atoms with Gasteiger partial charge in [0, 0.05) is 0 Å². The summed E-state index contributed by atoms with van der Waals surface area (Å²) in [7, 11) is 0. The van der Waals surface area contributed by atoms with Crippen molar-refractivity contribution in [3.63, 3.8) is 0 Å². The van der Waals surface area contributed by atoms with Crippen molar-refractivity contribution in [2.45, 2.75) is 77.4 Å².